The number of aromatic nitrogens is 2. The lowest BCUT2D eigenvalue weighted by atomic mass is 9.34. The van der Waals surface area contributed by atoms with E-state index in [1.54, 1.807) is 4.90 Å². The molecule has 176 valence electrons. The number of likely N-dealkylation sites (tertiary alicyclic amines) is 1. The van der Waals surface area contributed by atoms with Crippen LogP contribution in [0.1, 0.15) is 38.8 Å². The molecule has 0 spiro atoms. The topological polar surface area (TPSA) is 93.6 Å². The van der Waals surface area contributed by atoms with Gasteiger partial charge in [-0.3, -0.25) is 4.79 Å². The summed E-state index contributed by atoms with van der Waals surface area (Å²) in [7, 11) is 1.89. The number of aryl methyl sites for hydroxylation is 1. The number of aliphatic hydroxyl groups is 1. The first-order chi connectivity index (χ1) is 14.9. The first kappa shape index (κ1) is 21.5. The fourth-order valence-corrected chi connectivity index (χ4v) is 6.01. The summed E-state index contributed by atoms with van der Waals surface area (Å²) in [4.78, 5) is 25.4. The van der Waals surface area contributed by atoms with E-state index in [4.69, 9.17) is 0 Å². The number of aliphatic hydroxyl groups excluding tert-OH is 1. The third-order valence-corrected chi connectivity index (χ3v) is 7.74. The molecule has 3 aliphatic carbocycles. The van der Waals surface area contributed by atoms with Crippen LogP contribution in [-0.4, -0.2) is 70.5 Å². The van der Waals surface area contributed by atoms with Crippen molar-refractivity contribution in [1.82, 2.24) is 14.9 Å². The van der Waals surface area contributed by atoms with Crippen molar-refractivity contribution < 1.29 is 23.1 Å². The van der Waals surface area contributed by atoms with Crippen molar-refractivity contribution in [3.8, 4) is 0 Å². The van der Waals surface area contributed by atoms with Crippen molar-refractivity contribution in [3.63, 3.8) is 0 Å². The molecule has 8 nitrogen and oxygen atoms in total. The minimum Gasteiger partial charge on any atom is -0.372 e. The highest BCUT2D eigenvalue weighted by Gasteiger charge is 2.81. The van der Waals surface area contributed by atoms with Gasteiger partial charge in [0, 0.05) is 20.1 Å². The van der Waals surface area contributed by atoms with Gasteiger partial charge in [-0.1, -0.05) is 13.8 Å². The highest BCUT2D eigenvalue weighted by atomic mass is 19.4. The lowest BCUT2D eigenvalue weighted by Crippen LogP contribution is -2.75. The van der Waals surface area contributed by atoms with Crippen molar-refractivity contribution in [2.45, 2.75) is 64.5 Å². The summed E-state index contributed by atoms with van der Waals surface area (Å²) in [5.41, 5.74) is -1.01. The quantitative estimate of drug-likeness (QED) is 0.643. The van der Waals surface area contributed by atoms with Crippen LogP contribution in [0.3, 0.4) is 0 Å². The zero-order chi connectivity index (χ0) is 23.2. The molecule has 2 bridgehead atoms. The van der Waals surface area contributed by atoms with Crippen LogP contribution in [0.2, 0.25) is 0 Å². The van der Waals surface area contributed by atoms with E-state index in [0.717, 1.165) is 0 Å². The molecule has 2 atom stereocenters. The van der Waals surface area contributed by atoms with Crippen molar-refractivity contribution in [2.75, 3.05) is 35.7 Å². The Morgan fingerprint density at radius 2 is 1.88 bits per heavy atom. The van der Waals surface area contributed by atoms with Crippen LogP contribution in [0.25, 0.3) is 0 Å². The summed E-state index contributed by atoms with van der Waals surface area (Å²) < 4.78 is 39.2. The molecule has 1 aromatic rings. The fraction of sp³-hybridized carbons (Fsp3) is 0.762. The Labute approximate surface area is 184 Å². The molecule has 3 N–H and O–H groups in total. The highest BCUT2D eigenvalue weighted by Crippen LogP contribution is 2.78. The van der Waals surface area contributed by atoms with E-state index < -0.39 is 23.2 Å². The lowest BCUT2D eigenvalue weighted by molar-refractivity contribution is -0.353. The standard InChI is InChI=1S/C21H29F3N6O2/c1-10(2)14-16(31)27-13-11(3)25-18(28-15(13)29(14)4)26-12-5-30(6-12)17(32)19-7-20(8-19,9-19)21(22,23)24/h10,12,14,16,27,31H,5-9H2,1-4H3,(H,25,26,28)/t14-,16?,19?,20?/m0/s1. The van der Waals surface area contributed by atoms with Gasteiger partial charge < -0.3 is 25.5 Å². The summed E-state index contributed by atoms with van der Waals surface area (Å²) in [6.45, 7) is 6.77. The van der Waals surface area contributed by atoms with Crippen LogP contribution in [0.4, 0.5) is 30.6 Å². The molecule has 3 heterocycles. The lowest BCUT2D eigenvalue weighted by Gasteiger charge is -2.70. The van der Waals surface area contributed by atoms with E-state index in [-0.39, 0.29) is 43.2 Å². The van der Waals surface area contributed by atoms with Crippen LogP contribution in [-0.2, 0) is 4.79 Å². The van der Waals surface area contributed by atoms with E-state index in [1.807, 2.05) is 32.7 Å². The Balaban J connectivity index is 1.21. The average Bonchev–Trinajstić information content (AvgIpc) is 2.54. The van der Waals surface area contributed by atoms with Gasteiger partial charge >= 0.3 is 6.18 Å². The molecule has 1 saturated heterocycles. The molecule has 1 amide bonds. The van der Waals surface area contributed by atoms with E-state index in [9.17, 15) is 23.1 Å². The summed E-state index contributed by atoms with van der Waals surface area (Å²) in [6.07, 6.45) is -5.12. The number of nitrogens with zero attached hydrogens (tertiary/aromatic N) is 4. The van der Waals surface area contributed by atoms with Crippen molar-refractivity contribution in [1.29, 1.82) is 0 Å². The Morgan fingerprint density at radius 1 is 1.25 bits per heavy atom. The fourth-order valence-electron chi connectivity index (χ4n) is 6.01. The number of amides is 1. The number of halogens is 3. The number of hydrogen-bond donors (Lipinski definition) is 3. The Bertz CT molecular complexity index is 942. The molecule has 32 heavy (non-hydrogen) atoms. The predicted molar refractivity (Wildman–Crippen MR) is 112 cm³/mol. The van der Waals surface area contributed by atoms with Crippen molar-refractivity contribution in [3.05, 3.63) is 5.69 Å². The number of fused-ring (bicyclic) bond motifs is 1. The molecule has 4 fully saturated rings. The van der Waals surface area contributed by atoms with Gasteiger partial charge in [0.05, 0.1) is 28.6 Å². The number of carbonyl (C=O) groups is 1. The van der Waals surface area contributed by atoms with Crippen LogP contribution < -0.4 is 15.5 Å². The summed E-state index contributed by atoms with van der Waals surface area (Å²) in [6, 6.07) is -0.192. The molecule has 6 rings (SSSR count). The maximum Gasteiger partial charge on any atom is 0.394 e. The largest absolute Gasteiger partial charge is 0.394 e. The van der Waals surface area contributed by atoms with Crippen LogP contribution in [0, 0.1) is 23.7 Å². The molecule has 1 aromatic heterocycles. The van der Waals surface area contributed by atoms with Crippen LogP contribution in [0.15, 0.2) is 0 Å². The monoisotopic (exact) mass is 454 g/mol. The molecule has 5 aliphatic rings. The smallest absolute Gasteiger partial charge is 0.372 e. The van der Waals surface area contributed by atoms with E-state index in [1.165, 1.54) is 0 Å². The molecular weight excluding hydrogens is 425 g/mol. The van der Waals surface area contributed by atoms with Crippen molar-refractivity contribution in [2.24, 2.45) is 16.7 Å². The van der Waals surface area contributed by atoms with Crippen LogP contribution in [0.5, 0.6) is 0 Å². The van der Waals surface area contributed by atoms with Gasteiger partial charge in [0.2, 0.25) is 11.9 Å². The Morgan fingerprint density at radius 3 is 2.44 bits per heavy atom. The van der Waals surface area contributed by atoms with E-state index in [2.05, 4.69) is 20.6 Å². The Hall–Kier alpha value is -2.30. The normalized spacial score (nSPS) is 33.7. The third-order valence-electron chi connectivity index (χ3n) is 7.74. The zero-order valence-corrected chi connectivity index (χ0v) is 18.6. The van der Waals surface area contributed by atoms with Gasteiger partial charge in [0.1, 0.15) is 11.9 Å². The predicted octanol–water partition coefficient (Wildman–Crippen LogP) is 2.35. The first-order valence-corrected chi connectivity index (χ1v) is 11.0. The van der Waals surface area contributed by atoms with Gasteiger partial charge in [-0.25, -0.2) is 4.98 Å². The van der Waals surface area contributed by atoms with Gasteiger partial charge in [-0.05, 0) is 32.1 Å². The molecular formula is C21H29F3N6O2. The maximum absolute atomic E-state index is 13.1. The summed E-state index contributed by atoms with van der Waals surface area (Å²) >= 11 is 0. The van der Waals surface area contributed by atoms with E-state index >= 15 is 0 Å². The third kappa shape index (κ3) is 2.89. The first-order valence-electron chi connectivity index (χ1n) is 11.0. The number of nitrogens with one attached hydrogen (secondary N) is 2. The molecule has 2 aliphatic heterocycles. The number of likely N-dealkylation sites (N-methyl/N-ethyl adjacent to an activating group) is 1. The van der Waals surface area contributed by atoms with Gasteiger partial charge in [0.15, 0.2) is 5.82 Å². The van der Waals surface area contributed by atoms with Crippen LogP contribution >= 0.6 is 0 Å². The molecule has 1 unspecified atom stereocenters. The minimum absolute atomic E-state index is 0.0475. The summed E-state index contributed by atoms with van der Waals surface area (Å²) in [5, 5.41) is 16.8. The molecule has 0 aromatic carbocycles. The van der Waals surface area contributed by atoms with E-state index in [0.29, 0.717) is 36.2 Å². The number of rotatable bonds is 4. The second-order valence-corrected chi connectivity index (χ2v) is 10.4. The number of anilines is 3. The average molecular weight is 454 g/mol. The highest BCUT2D eigenvalue weighted by molar-refractivity contribution is 5.87. The molecule has 11 heteroatoms. The number of carbonyl (C=O) groups excluding carboxylic acids is 1. The zero-order valence-electron chi connectivity index (χ0n) is 18.6. The number of hydrogen-bond acceptors (Lipinski definition) is 7. The van der Waals surface area contributed by atoms with Gasteiger partial charge in [-0.2, -0.15) is 18.2 Å². The van der Waals surface area contributed by atoms with Crippen molar-refractivity contribution >= 4 is 23.4 Å². The summed E-state index contributed by atoms with van der Waals surface area (Å²) in [5.74, 6) is 1.18. The Kier molecular flexibility index (Phi) is 4.45. The second kappa shape index (κ2) is 6.61. The maximum atomic E-state index is 13.1. The minimum atomic E-state index is -4.21. The van der Waals surface area contributed by atoms with Gasteiger partial charge in [-0.15, -0.1) is 0 Å². The molecule has 0 radical (unpaired) electrons. The van der Waals surface area contributed by atoms with Gasteiger partial charge in [0.25, 0.3) is 0 Å². The SMILES string of the molecule is Cc1nc(NC2CN(C(=O)C34CC(C(F)(F)F)(C3)C4)C2)nc2c1NC(O)[C@H](C(C)C)N2C. The molecule has 3 saturated carbocycles. The number of alkyl halides is 3. The second-order valence-electron chi connectivity index (χ2n) is 10.4.